The van der Waals surface area contributed by atoms with E-state index in [0.717, 1.165) is 31.9 Å². The van der Waals surface area contributed by atoms with Crippen LogP contribution in [-0.2, 0) is 6.54 Å². The molecule has 1 aliphatic rings. The largest absolute Gasteiger partial charge is 0.573 e. The van der Waals surface area contributed by atoms with E-state index < -0.39 is 6.36 Å². The van der Waals surface area contributed by atoms with E-state index in [1.807, 2.05) is 6.07 Å². The monoisotopic (exact) mass is 407 g/mol. The number of aryl methyl sites for hydroxylation is 2. The lowest BCUT2D eigenvalue weighted by molar-refractivity contribution is -0.274. The van der Waals surface area contributed by atoms with Gasteiger partial charge in [-0.15, -0.1) is 13.2 Å². The number of pyridine rings is 1. The third-order valence-corrected chi connectivity index (χ3v) is 4.78. The van der Waals surface area contributed by atoms with Gasteiger partial charge in [-0.3, -0.25) is 4.90 Å². The van der Waals surface area contributed by atoms with Crippen LogP contribution in [0.3, 0.4) is 0 Å². The first-order valence-corrected chi connectivity index (χ1v) is 9.21. The first-order chi connectivity index (χ1) is 13.8. The van der Waals surface area contributed by atoms with E-state index in [1.54, 1.807) is 26.0 Å². The van der Waals surface area contributed by atoms with E-state index in [-0.39, 0.29) is 11.3 Å². The average molecular weight is 407 g/mol. The second-order valence-electron chi connectivity index (χ2n) is 6.98. The van der Waals surface area contributed by atoms with E-state index in [0.29, 0.717) is 29.3 Å². The Bertz CT molecular complexity index is 1010. The number of para-hydroxylation sites is 1. The van der Waals surface area contributed by atoms with Gasteiger partial charge in [0.2, 0.25) is 5.89 Å². The van der Waals surface area contributed by atoms with Crippen molar-refractivity contribution in [2.24, 2.45) is 0 Å². The van der Waals surface area contributed by atoms with Crippen molar-refractivity contribution in [3.05, 3.63) is 41.7 Å². The van der Waals surface area contributed by atoms with Gasteiger partial charge in [0.1, 0.15) is 5.52 Å². The van der Waals surface area contributed by atoms with Crippen molar-refractivity contribution in [1.82, 2.24) is 20.0 Å². The van der Waals surface area contributed by atoms with Crippen LogP contribution >= 0.6 is 0 Å². The zero-order valence-corrected chi connectivity index (χ0v) is 16.0. The topological polar surface area (TPSA) is 67.5 Å². The molecule has 7 nitrogen and oxygen atoms in total. The number of hydrogen-bond acceptors (Lipinski definition) is 7. The summed E-state index contributed by atoms with van der Waals surface area (Å²) in [5.41, 5.74) is 1.70. The van der Waals surface area contributed by atoms with Gasteiger partial charge in [0, 0.05) is 42.9 Å². The first kappa shape index (κ1) is 19.4. The normalized spacial score (nSPS) is 15.8. The molecule has 4 rings (SSSR count). The van der Waals surface area contributed by atoms with Crippen LogP contribution in [0, 0.1) is 13.8 Å². The Hall–Kier alpha value is -2.88. The number of fused-ring (bicyclic) bond motifs is 1. The fourth-order valence-corrected chi connectivity index (χ4v) is 3.54. The predicted octanol–water partition coefficient (Wildman–Crippen LogP) is 3.46. The summed E-state index contributed by atoms with van der Waals surface area (Å²) in [6.07, 6.45) is -4.77. The van der Waals surface area contributed by atoms with Gasteiger partial charge in [-0.25, -0.2) is 4.98 Å². The van der Waals surface area contributed by atoms with E-state index in [9.17, 15) is 13.2 Å². The second-order valence-corrected chi connectivity index (χ2v) is 6.98. The molecule has 10 heteroatoms. The van der Waals surface area contributed by atoms with Gasteiger partial charge >= 0.3 is 6.36 Å². The van der Waals surface area contributed by atoms with Crippen LogP contribution in [0.2, 0.25) is 0 Å². The van der Waals surface area contributed by atoms with Crippen LogP contribution in [0.15, 0.2) is 28.8 Å². The standard InChI is InChI=1S/C19H20F3N5O2/c1-12-10-15(14-4-3-5-16(18(14)23-12)28-19(20,21)22)27-8-6-26(7-9-27)11-17-24-13(2)25-29-17/h3-5,10H,6-9,11H2,1-2H3. The van der Waals surface area contributed by atoms with Gasteiger partial charge in [0.15, 0.2) is 11.6 Å². The van der Waals surface area contributed by atoms with E-state index in [4.69, 9.17) is 4.52 Å². The Morgan fingerprint density at radius 2 is 1.86 bits per heavy atom. The first-order valence-electron chi connectivity index (χ1n) is 9.21. The summed E-state index contributed by atoms with van der Waals surface area (Å²) in [6.45, 7) is 7.09. The highest BCUT2D eigenvalue weighted by Gasteiger charge is 2.32. The molecular weight excluding hydrogens is 387 g/mol. The van der Waals surface area contributed by atoms with Gasteiger partial charge in [0.25, 0.3) is 0 Å². The summed E-state index contributed by atoms with van der Waals surface area (Å²) in [5.74, 6) is 0.898. The Labute approximate surface area is 165 Å². The summed E-state index contributed by atoms with van der Waals surface area (Å²) in [7, 11) is 0. The number of alkyl halides is 3. The Balaban J connectivity index is 1.56. The maximum absolute atomic E-state index is 12.8. The van der Waals surface area contributed by atoms with Gasteiger partial charge in [0.05, 0.1) is 6.54 Å². The molecule has 3 heterocycles. The highest BCUT2D eigenvalue weighted by atomic mass is 19.4. The molecule has 1 aliphatic heterocycles. The molecular formula is C19H20F3N5O2. The number of hydrogen-bond donors (Lipinski definition) is 0. The van der Waals surface area contributed by atoms with Crippen molar-refractivity contribution < 1.29 is 22.4 Å². The van der Waals surface area contributed by atoms with E-state index in [1.165, 1.54) is 6.07 Å². The van der Waals surface area contributed by atoms with Crippen molar-refractivity contribution in [2.45, 2.75) is 26.8 Å². The summed E-state index contributed by atoms with van der Waals surface area (Å²) in [4.78, 5) is 12.9. The quantitative estimate of drug-likeness (QED) is 0.656. The highest BCUT2D eigenvalue weighted by molar-refractivity contribution is 5.95. The highest BCUT2D eigenvalue weighted by Crippen LogP contribution is 2.35. The molecule has 0 amide bonds. The molecule has 0 bridgehead atoms. The number of nitrogens with zero attached hydrogens (tertiary/aromatic N) is 5. The Kier molecular flexibility index (Phi) is 5.03. The SMILES string of the molecule is Cc1cc(N2CCN(Cc3nc(C)no3)CC2)c2cccc(OC(F)(F)F)c2n1. The van der Waals surface area contributed by atoms with Crippen molar-refractivity contribution in [3.63, 3.8) is 0 Å². The zero-order chi connectivity index (χ0) is 20.6. The van der Waals surface area contributed by atoms with Crippen LogP contribution in [0.1, 0.15) is 17.4 Å². The Morgan fingerprint density at radius 3 is 2.52 bits per heavy atom. The molecule has 29 heavy (non-hydrogen) atoms. The minimum Gasteiger partial charge on any atom is -0.403 e. The maximum atomic E-state index is 12.8. The molecule has 0 saturated carbocycles. The van der Waals surface area contributed by atoms with Crippen molar-refractivity contribution in [2.75, 3.05) is 31.1 Å². The molecule has 0 N–H and O–H groups in total. The average Bonchev–Trinajstić information content (AvgIpc) is 3.06. The number of piperazine rings is 1. The molecule has 0 aliphatic carbocycles. The molecule has 2 aromatic heterocycles. The third kappa shape index (κ3) is 4.42. The van der Waals surface area contributed by atoms with Gasteiger partial charge < -0.3 is 14.2 Å². The second kappa shape index (κ2) is 7.51. The molecule has 0 atom stereocenters. The summed E-state index contributed by atoms with van der Waals surface area (Å²) in [6, 6.07) is 6.51. The van der Waals surface area contributed by atoms with E-state index >= 15 is 0 Å². The molecule has 1 aromatic carbocycles. The minimum atomic E-state index is -4.77. The number of ether oxygens (including phenoxy) is 1. The molecule has 3 aromatic rings. The lowest BCUT2D eigenvalue weighted by atomic mass is 10.1. The molecule has 154 valence electrons. The van der Waals surface area contributed by atoms with Gasteiger partial charge in [-0.2, -0.15) is 4.98 Å². The number of anilines is 1. The molecule has 1 fully saturated rings. The predicted molar refractivity (Wildman–Crippen MR) is 99.7 cm³/mol. The molecule has 1 saturated heterocycles. The van der Waals surface area contributed by atoms with Crippen molar-refractivity contribution in [3.8, 4) is 5.75 Å². The summed E-state index contributed by atoms with van der Waals surface area (Å²) >= 11 is 0. The number of rotatable bonds is 4. The van der Waals surface area contributed by atoms with Crippen LogP contribution in [0.25, 0.3) is 10.9 Å². The summed E-state index contributed by atoms with van der Waals surface area (Å²) < 4.78 is 47.7. The summed E-state index contributed by atoms with van der Waals surface area (Å²) in [5, 5.41) is 4.44. The fourth-order valence-electron chi connectivity index (χ4n) is 3.54. The van der Waals surface area contributed by atoms with Gasteiger partial charge in [-0.1, -0.05) is 17.3 Å². The smallest absolute Gasteiger partial charge is 0.403 e. The lowest BCUT2D eigenvalue weighted by Crippen LogP contribution is -2.46. The van der Waals surface area contributed by atoms with Crippen molar-refractivity contribution >= 4 is 16.6 Å². The maximum Gasteiger partial charge on any atom is 0.573 e. The fraction of sp³-hybridized carbons (Fsp3) is 0.421. The lowest BCUT2D eigenvalue weighted by Gasteiger charge is -2.36. The molecule has 0 spiro atoms. The number of halogens is 3. The van der Waals surface area contributed by atoms with E-state index in [2.05, 4.69) is 29.7 Å². The molecule has 0 unspecified atom stereocenters. The van der Waals surface area contributed by atoms with Crippen LogP contribution in [-0.4, -0.2) is 52.6 Å². The van der Waals surface area contributed by atoms with Crippen LogP contribution in [0.4, 0.5) is 18.9 Å². The van der Waals surface area contributed by atoms with Gasteiger partial charge in [-0.05, 0) is 26.0 Å². The Morgan fingerprint density at radius 1 is 1.10 bits per heavy atom. The zero-order valence-electron chi connectivity index (χ0n) is 16.0. The minimum absolute atomic E-state index is 0.212. The van der Waals surface area contributed by atoms with Crippen LogP contribution < -0.4 is 9.64 Å². The molecule has 0 radical (unpaired) electrons. The third-order valence-electron chi connectivity index (χ3n) is 4.78. The van der Waals surface area contributed by atoms with Crippen LogP contribution in [0.5, 0.6) is 5.75 Å². The van der Waals surface area contributed by atoms with Crippen molar-refractivity contribution in [1.29, 1.82) is 0 Å². The number of aromatic nitrogens is 3. The number of benzene rings is 1.